The van der Waals surface area contributed by atoms with Crippen molar-refractivity contribution >= 4 is 17.7 Å². The zero-order valence-corrected chi connectivity index (χ0v) is 10.9. The van der Waals surface area contributed by atoms with Gasteiger partial charge in [0.1, 0.15) is 6.54 Å². The predicted octanol–water partition coefficient (Wildman–Crippen LogP) is 2.37. The summed E-state index contributed by atoms with van der Waals surface area (Å²) >= 11 is 1.80. The van der Waals surface area contributed by atoms with Crippen molar-refractivity contribution in [1.82, 2.24) is 5.32 Å². The molecule has 1 aromatic rings. The molecular weight excluding hydrogens is 232 g/mol. The van der Waals surface area contributed by atoms with Crippen LogP contribution in [0.2, 0.25) is 0 Å². The van der Waals surface area contributed by atoms with Gasteiger partial charge in [0.2, 0.25) is 5.91 Å². The lowest BCUT2D eigenvalue weighted by Gasteiger charge is -2.06. The number of hydrogen-bond acceptors (Lipinski definition) is 3. The highest BCUT2D eigenvalue weighted by molar-refractivity contribution is 7.99. The minimum absolute atomic E-state index is 0.0696. The summed E-state index contributed by atoms with van der Waals surface area (Å²) in [5.74, 6) is -0.115. The molecule has 0 aliphatic heterocycles. The largest absolute Gasteiger partial charge is 0.343 e. The number of amides is 1. The molecule has 0 saturated heterocycles. The molecular formula is C13H16N2OS. The topological polar surface area (TPSA) is 52.9 Å². The smallest absolute Gasteiger partial charge is 0.225 e. The monoisotopic (exact) mass is 248 g/mol. The van der Waals surface area contributed by atoms with Crippen LogP contribution in [0.5, 0.6) is 0 Å². The maximum absolute atomic E-state index is 11.4. The number of carbonyl (C=O) groups excluding carboxylic acids is 1. The normalized spacial score (nSPS) is 10.0. The number of nitriles is 1. The van der Waals surface area contributed by atoms with Gasteiger partial charge in [-0.1, -0.05) is 26.0 Å². The quantitative estimate of drug-likeness (QED) is 0.643. The fourth-order valence-corrected chi connectivity index (χ4v) is 2.18. The van der Waals surface area contributed by atoms with Gasteiger partial charge in [0.05, 0.1) is 12.5 Å². The second-order valence-electron chi connectivity index (χ2n) is 3.92. The van der Waals surface area contributed by atoms with Crippen LogP contribution in [0.25, 0.3) is 0 Å². The first-order chi connectivity index (χ1) is 8.11. The van der Waals surface area contributed by atoms with E-state index in [1.807, 2.05) is 30.3 Å². The fraction of sp³-hybridized carbons (Fsp3) is 0.385. The van der Waals surface area contributed by atoms with Crippen molar-refractivity contribution in [2.45, 2.75) is 30.4 Å². The van der Waals surface area contributed by atoms with Crippen LogP contribution in [0.3, 0.4) is 0 Å². The Labute approximate surface area is 106 Å². The van der Waals surface area contributed by atoms with E-state index in [4.69, 9.17) is 5.26 Å². The van der Waals surface area contributed by atoms with Gasteiger partial charge in [0.15, 0.2) is 0 Å². The molecule has 0 radical (unpaired) electrons. The van der Waals surface area contributed by atoms with E-state index in [2.05, 4.69) is 19.2 Å². The first-order valence-electron chi connectivity index (χ1n) is 5.51. The molecule has 0 atom stereocenters. The number of nitrogens with zero attached hydrogens (tertiary/aromatic N) is 1. The average Bonchev–Trinajstić information content (AvgIpc) is 2.28. The summed E-state index contributed by atoms with van der Waals surface area (Å²) in [7, 11) is 0. The van der Waals surface area contributed by atoms with Gasteiger partial charge in [-0.3, -0.25) is 4.79 Å². The first kappa shape index (κ1) is 13.6. The molecule has 0 saturated carbocycles. The molecule has 3 nitrogen and oxygen atoms in total. The van der Waals surface area contributed by atoms with Gasteiger partial charge in [-0.25, -0.2) is 0 Å². The lowest BCUT2D eigenvalue weighted by molar-refractivity contribution is -0.120. The molecule has 0 aliphatic rings. The third kappa shape index (κ3) is 5.41. The van der Waals surface area contributed by atoms with E-state index in [0.29, 0.717) is 11.7 Å². The summed E-state index contributed by atoms with van der Waals surface area (Å²) in [6, 6.07) is 9.84. The molecule has 0 aromatic heterocycles. The van der Waals surface area contributed by atoms with Crippen LogP contribution in [0.15, 0.2) is 29.2 Å². The minimum Gasteiger partial charge on any atom is -0.343 e. The zero-order chi connectivity index (χ0) is 12.7. The van der Waals surface area contributed by atoms with E-state index in [1.165, 1.54) is 4.90 Å². The van der Waals surface area contributed by atoms with E-state index >= 15 is 0 Å². The summed E-state index contributed by atoms with van der Waals surface area (Å²) in [6.07, 6.45) is 0.328. The highest BCUT2D eigenvalue weighted by Gasteiger charge is 2.03. The molecule has 4 heteroatoms. The SMILES string of the molecule is CC(C)Sc1ccc(CC(=O)NCC#N)cc1. The Bertz CT molecular complexity index is 406. The van der Waals surface area contributed by atoms with Gasteiger partial charge < -0.3 is 5.32 Å². The van der Waals surface area contributed by atoms with Crippen LogP contribution in [-0.4, -0.2) is 17.7 Å². The number of carbonyl (C=O) groups is 1. The third-order valence-corrected chi connectivity index (χ3v) is 3.04. The highest BCUT2D eigenvalue weighted by atomic mass is 32.2. The summed E-state index contributed by atoms with van der Waals surface area (Å²) in [6.45, 7) is 4.36. The molecule has 90 valence electrons. The Morgan fingerprint density at radius 3 is 2.59 bits per heavy atom. The lowest BCUT2D eigenvalue weighted by atomic mass is 10.1. The van der Waals surface area contributed by atoms with E-state index in [0.717, 1.165) is 5.56 Å². The molecule has 0 unspecified atom stereocenters. The van der Waals surface area contributed by atoms with Crippen LogP contribution < -0.4 is 5.32 Å². The second-order valence-corrected chi connectivity index (χ2v) is 5.57. The average molecular weight is 248 g/mol. The second kappa shape index (κ2) is 6.97. The molecule has 1 aromatic carbocycles. The summed E-state index contributed by atoms with van der Waals surface area (Å²) in [5.41, 5.74) is 0.966. The van der Waals surface area contributed by atoms with Crippen molar-refractivity contribution in [1.29, 1.82) is 5.26 Å². The Morgan fingerprint density at radius 1 is 1.41 bits per heavy atom. The van der Waals surface area contributed by atoms with Crippen molar-refractivity contribution in [2.24, 2.45) is 0 Å². The number of hydrogen-bond donors (Lipinski definition) is 1. The van der Waals surface area contributed by atoms with Crippen molar-refractivity contribution in [3.8, 4) is 6.07 Å². The highest BCUT2D eigenvalue weighted by Crippen LogP contribution is 2.22. The number of nitrogens with one attached hydrogen (secondary N) is 1. The predicted molar refractivity (Wildman–Crippen MR) is 69.8 cm³/mol. The Hall–Kier alpha value is -1.47. The van der Waals surface area contributed by atoms with Gasteiger partial charge in [0, 0.05) is 10.1 Å². The van der Waals surface area contributed by atoms with Crippen molar-refractivity contribution in [2.75, 3.05) is 6.54 Å². The number of thioether (sulfide) groups is 1. The van der Waals surface area contributed by atoms with Crippen molar-refractivity contribution in [3.05, 3.63) is 29.8 Å². The summed E-state index contributed by atoms with van der Waals surface area (Å²) in [5, 5.41) is 11.4. The molecule has 0 bridgehead atoms. The van der Waals surface area contributed by atoms with Crippen LogP contribution in [0, 0.1) is 11.3 Å². The number of rotatable bonds is 5. The standard InChI is InChI=1S/C13H16N2OS/c1-10(2)17-12-5-3-11(4-6-12)9-13(16)15-8-7-14/h3-6,10H,8-9H2,1-2H3,(H,15,16). The van der Waals surface area contributed by atoms with Gasteiger partial charge in [-0.2, -0.15) is 5.26 Å². The molecule has 17 heavy (non-hydrogen) atoms. The third-order valence-electron chi connectivity index (χ3n) is 2.02. The van der Waals surface area contributed by atoms with Gasteiger partial charge >= 0.3 is 0 Å². The molecule has 0 heterocycles. The Morgan fingerprint density at radius 2 is 2.06 bits per heavy atom. The zero-order valence-electron chi connectivity index (χ0n) is 10.1. The maximum Gasteiger partial charge on any atom is 0.225 e. The molecule has 0 spiro atoms. The lowest BCUT2D eigenvalue weighted by Crippen LogP contribution is -2.25. The van der Waals surface area contributed by atoms with Crippen LogP contribution in [0.4, 0.5) is 0 Å². The number of benzene rings is 1. The van der Waals surface area contributed by atoms with E-state index in [9.17, 15) is 4.79 Å². The molecule has 0 fully saturated rings. The molecule has 1 rings (SSSR count). The Balaban J connectivity index is 2.51. The Kier molecular flexibility index (Phi) is 5.58. The fourth-order valence-electron chi connectivity index (χ4n) is 1.34. The molecule has 1 amide bonds. The summed E-state index contributed by atoms with van der Waals surface area (Å²) in [4.78, 5) is 12.6. The van der Waals surface area contributed by atoms with Crippen LogP contribution in [0.1, 0.15) is 19.4 Å². The van der Waals surface area contributed by atoms with Gasteiger partial charge in [-0.05, 0) is 17.7 Å². The van der Waals surface area contributed by atoms with Crippen molar-refractivity contribution in [3.63, 3.8) is 0 Å². The molecule has 1 N–H and O–H groups in total. The van der Waals surface area contributed by atoms with Crippen molar-refractivity contribution < 1.29 is 4.79 Å². The first-order valence-corrected chi connectivity index (χ1v) is 6.39. The van der Waals surface area contributed by atoms with Crippen LogP contribution in [-0.2, 0) is 11.2 Å². The molecule has 0 aliphatic carbocycles. The van der Waals surface area contributed by atoms with Gasteiger partial charge in [-0.15, -0.1) is 11.8 Å². The summed E-state index contributed by atoms with van der Waals surface area (Å²) < 4.78 is 0. The van der Waals surface area contributed by atoms with E-state index in [-0.39, 0.29) is 12.5 Å². The van der Waals surface area contributed by atoms with Crippen LogP contribution >= 0.6 is 11.8 Å². The van der Waals surface area contributed by atoms with E-state index < -0.39 is 0 Å². The van der Waals surface area contributed by atoms with E-state index in [1.54, 1.807) is 11.8 Å². The van der Waals surface area contributed by atoms with Gasteiger partial charge in [0.25, 0.3) is 0 Å². The minimum atomic E-state index is -0.115. The maximum atomic E-state index is 11.4.